The van der Waals surface area contributed by atoms with Gasteiger partial charge in [-0.15, -0.1) is 0 Å². The molecule has 166 valence electrons. The minimum atomic E-state index is -0.881. The summed E-state index contributed by atoms with van der Waals surface area (Å²) < 4.78 is 15.5. The maximum absolute atomic E-state index is 12.7. The first kappa shape index (κ1) is 23.7. The van der Waals surface area contributed by atoms with Gasteiger partial charge >= 0.3 is 18.2 Å². The molecule has 0 aromatic heterocycles. The maximum Gasteiger partial charge on any atom is 0.429 e. The van der Waals surface area contributed by atoms with Gasteiger partial charge in [-0.1, -0.05) is 60.7 Å². The van der Waals surface area contributed by atoms with Crippen molar-refractivity contribution in [1.82, 2.24) is 10.0 Å². The lowest BCUT2D eigenvalue weighted by molar-refractivity contribution is -0.149. The van der Waals surface area contributed by atoms with Crippen molar-refractivity contribution in [2.45, 2.75) is 39.5 Å². The van der Waals surface area contributed by atoms with E-state index in [2.05, 4.69) is 0 Å². The summed E-state index contributed by atoms with van der Waals surface area (Å²) in [6, 6.07) is 18.2. The van der Waals surface area contributed by atoms with Crippen LogP contribution in [0.3, 0.4) is 0 Å². The molecule has 0 heterocycles. The molecular weight excluding hydrogens is 400 g/mol. The van der Waals surface area contributed by atoms with Crippen molar-refractivity contribution in [2.24, 2.45) is 0 Å². The molecule has 0 aliphatic heterocycles. The van der Waals surface area contributed by atoms with E-state index in [4.69, 9.17) is 14.2 Å². The summed E-state index contributed by atoms with van der Waals surface area (Å²) in [7, 11) is 1.39. The zero-order valence-corrected chi connectivity index (χ0v) is 18.2. The van der Waals surface area contributed by atoms with Gasteiger partial charge in [-0.25, -0.2) is 24.4 Å². The van der Waals surface area contributed by atoms with Gasteiger partial charge in [0.25, 0.3) is 0 Å². The first-order valence-corrected chi connectivity index (χ1v) is 9.80. The molecule has 0 saturated carbocycles. The van der Waals surface area contributed by atoms with Crippen molar-refractivity contribution in [2.75, 3.05) is 13.7 Å². The van der Waals surface area contributed by atoms with Gasteiger partial charge in [0, 0.05) is 7.05 Å². The highest BCUT2D eigenvalue weighted by Gasteiger charge is 2.29. The van der Waals surface area contributed by atoms with Crippen LogP contribution in [0.1, 0.15) is 31.9 Å². The van der Waals surface area contributed by atoms with Crippen molar-refractivity contribution in [3.05, 3.63) is 71.8 Å². The average molecular weight is 428 g/mol. The predicted octanol–water partition coefficient (Wildman–Crippen LogP) is 4.15. The Balaban J connectivity index is 1.99. The normalized spacial score (nSPS) is 10.7. The second kappa shape index (κ2) is 11.0. The number of rotatable bonds is 6. The van der Waals surface area contributed by atoms with Gasteiger partial charge in [-0.05, 0) is 31.9 Å². The van der Waals surface area contributed by atoms with E-state index in [9.17, 15) is 14.4 Å². The highest BCUT2D eigenvalue weighted by Crippen LogP contribution is 2.14. The Labute approximate surface area is 182 Å². The quantitative estimate of drug-likeness (QED) is 0.390. The summed E-state index contributed by atoms with van der Waals surface area (Å²) in [5.74, 6) is -0.697. The van der Waals surface area contributed by atoms with Crippen molar-refractivity contribution < 1.29 is 28.6 Å². The van der Waals surface area contributed by atoms with Gasteiger partial charge in [-0.2, -0.15) is 0 Å². The van der Waals surface area contributed by atoms with Crippen LogP contribution in [0.4, 0.5) is 9.59 Å². The molecular formula is C23H28N2O6. The second-order valence-corrected chi connectivity index (χ2v) is 7.75. The van der Waals surface area contributed by atoms with Crippen molar-refractivity contribution >= 4 is 18.2 Å². The number of hydrogen-bond acceptors (Lipinski definition) is 6. The lowest BCUT2D eigenvalue weighted by Gasteiger charge is -2.32. The third kappa shape index (κ3) is 8.38. The number of amides is 2. The lowest BCUT2D eigenvalue weighted by Crippen LogP contribution is -2.49. The molecule has 0 bridgehead atoms. The van der Waals surface area contributed by atoms with Crippen molar-refractivity contribution in [3.8, 4) is 0 Å². The fourth-order valence-corrected chi connectivity index (χ4v) is 2.45. The monoisotopic (exact) mass is 428 g/mol. The SMILES string of the molecule is CN(C(=O)OC(C)(C)C)N(Cc1ccccc1)C(=O)OCC(=O)OCc1ccccc1. The second-order valence-electron chi connectivity index (χ2n) is 7.75. The van der Waals surface area contributed by atoms with Gasteiger partial charge in [0.05, 0.1) is 6.54 Å². The Kier molecular flexibility index (Phi) is 8.43. The topological polar surface area (TPSA) is 85.4 Å². The highest BCUT2D eigenvalue weighted by molar-refractivity contribution is 5.77. The van der Waals surface area contributed by atoms with Gasteiger partial charge in [0.1, 0.15) is 12.2 Å². The number of carbonyl (C=O) groups excluding carboxylic acids is 3. The number of esters is 1. The van der Waals surface area contributed by atoms with E-state index in [0.29, 0.717) is 0 Å². The molecule has 0 aliphatic carbocycles. The van der Waals surface area contributed by atoms with E-state index in [1.165, 1.54) is 7.05 Å². The summed E-state index contributed by atoms with van der Waals surface area (Å²) in [4.78, 5) is 37.1. The summed E-state index contributed by atoms with van der Waals surface area (Å²) in [5, 5.41) is 2.09. The highest BCUT2D eigenvalue weighted by atomic mass is 16.6. The Morgan fingerprint density at radius 2 is 1.35 bits per heavy atom. The predicted molar refractivity (Wildman–Crippen MR) is 114 cm³/mol. The van der Waals surface area contributed by atoms with Crippen LogP contribution in [0, 0.1) is 0 Å². The number of nitrogens with zero attached hydrogens (tertiary/aromatic N) is 2. The smallest absolute Gasteiger partial charge is 0.429 e. The number of hydrogen-bond donors (Lipinski definition) is 0. The van der Waals surface area contributed by atoms with Crippen LogP contribution in [0.25, 0.3) is 0 Å². The van der Waals surface area contributed by atoms with Crippen LogP contribution in [0.15, 0.2) is 60.7 Å². The van der Waals surface area contributed by atoms with Gasteiger partial charge in [0.15, 0.2) is 6.61 Å². The summed E-state index contributed by atoms with van der Waals surface area (Å²) in [6.45, 7) is 4.71. The molecule has 0 atom stereocenters. The summed E-state index contributed by atoms with van der Waals surface area (Å²) in [6.07, 6.45) is -1.61. The van der Waals surface area contributed by atoms with Crippen LogP contribution in [0.2, 0.25) is 0 Å². The van der Waals surface area contributed by atoms with Crippen molar-refractivity contribution in [3.63, 3.8) is 0 Å². The minimum absolute atomic E-state index is 0.0501. The van der Waals surface area contributed by atoms with E-state index >= 15 is 0 Å². The molecule has 2 aromatic rings. The van der Waals surface area contributed by atoms with Gasteiger partial charge < -0.3 is 14.2 Å². The Hall–Kier alpha value is -3.55. The molecule has 8 heteroatoms. The molecule has 2 amide bonds. The van der Waals surface area contributed by atoms with Crippen LogP contribution in [-0.2, 0) is 32.2 Å². The van der Waals surface area contributed by atoms with E-state index in [0.717, 1.165) is 21.1 Å². The standard InChI is InChI=1S/C23H28N2O6/c1-23(2,3)31-21(27)24(4)25(15-18-11-7-5-8-12-18)22(28)30-17-20(26)29-16-19-13-9-6-10-14-19/h5-14H,15-17H2,1-4H3. The third-order valence-corrected chi connectivity index (χ3v) is 3.96. The number of hydrazine groups is 1. The number of benzene rings is 2. The van der Waals surface area contributed by atoms with E-state index < -0.39 is 30.4 Å². The van der Waals surface area contributed by atoms with Crippen LogP contribution >= 0.6 is 0 Å². The maximum atomic E-state index is 12.7. The van der Waals surface area contributed by atoms with Crippen LogP contribution in [-0.4, -0.2) is 47.4 Å². The molecule has 2 rings (SSSR count). The van der Waals surface area contributed by atoms with E-state index in [1.54, 1.807) is 32.9 Å². The zero-order valence-electron chi connectivity index (χ0n) is 18.2. The zero-order chi connectivity index (χ0) is 22.9. The van der Waals surface area contributed by atoms with Gasteiger partial charge in [-0.3, -0.25) is 0 Å². The molecule has 0 fully saturated rings. The Morgan fingerprint density at radius 3 is 1.90 bits per heavy atom. The number of ether oxygens (including phenoxy) is 3. The van der Waals surface area contributed by atoms with Crippen molar-refractivity contribution in [1.29, 1.82) is 0 Å². The first-order valence-electron chi connectivity index (χ1n) is 9.80. The van der Waals surface area contributed by atoms with Gasteiger partial charge in [0.2, 0.25) is 0 Å². The van der Waals surface area contributed by atoms with Crippen LogP contribution < -0.4 is 0 Å². The molecule has 31 heavy (non-hydrogen) atoms. The van der Waals surface area contributed by atoms with E-state index in [1.807, 2.05) is 48.5 Å². The lowest BCUT2D eigenvalue weighted by atomic mass is 10.2. The average Bonchev–Trinajstić information content (AvgIpc) is 2.74. The summed E-state index contributed by atoms with van der Waals surface area (Å²) >= 11 is 0. The molecule has 0 aliphatic rings. The summed E-state index contributed by atoms with van der Waals surface area (Å²) in [5.41, 5.74) is 0.841. The largest absolute Gasteiger partial charge is 0.458 e. The van der Waals surface area contributed by atoms with Crippen LogP contribution in [0.5, 0.6) is 0 Å². The third-order valence-electron chi connectivity index (χ3n) is 3.96. The molecule has 0 radical (unpaired) electrons. The molecule has 2 aromatic carbocycles. The molecule has 0 saturated heterocycles. The first-order chi connectivity index (χ1) is 14.7. The Morgan fingerprint density at radius 1 is 0.806 bits per heavy atom. The molecule has 0 unspecified atom stereocenters. The fourth-order valence-electron chi connectivity index (χ4n) is 2.45. The molecule has 0 N–H and O–H groups in total. The molecule has 0 spiro atoms. The molecule has 8 nitrogen and oxygen atoms in total. The number of carbonyl (C=O) groups is 3. The minimum Gasteiger partial charge on any atom is -0.458 e. The van der Waals surface area contributed by atoms with E-state index in [-0.39, 0.29) is 13.2 Å². The Bertz CT molecular complexity index is 865. The fraction of sp³-hybridized carbons (Fsp3) is 0.348.